The molecule has 1 aliphatic rings. The standard InChI is InChI=1S/C12H17N3O/c1-9-2-4-10(5-3-9)14-12(16)15-11-6-7-13-8-11/h2-5,11,13H,6-8H2,1H3,(H2,14,15,16). The van der Waals surface area contributed by atoms with Crippen LogP contribution in [0.5, 0.6) is 0 Å². The summed E-state index contributed by atoms with van der Waals surface area (Å²) >= 11 is 0. The molecule has 86 valence electrons. The van der Waals surface area contributed by atoms with Gasteiger partial charge in [0.1, 0.15) is 0 Å². The smallest absolute Gasteiger partial charge is 0.319 e. The summed E-state index contributed by atoms with van der Waals surface area (Å²) in [5.74, 6) is 0. The van der Waals surface area contributed by atoms with Gasteiger partial charge in [-0.1, -0.05) is 17.7 Å². The van der Waals surface area contributed by atoms with E-state index in [0.717, 1.165) is 25.2 Å². The molecule has 0 saturated carbocycles. The maximum absolute atomic E-state index is 11.6. The second-order valence-electron chi connectivity index (χ2n) is 4.15. The Morgan fingerprint density at radius 3 is 2.75 bits per heavy atom. The fourth-order valence-corrected chi connectivity index (χ4v) is 1.77. The molecule has 1 heterocycles. The Balaban J connectivity index is 1.84. The van der Waals surface area contributed by atoms with Crippen molar-refractivity contribution in [3.8, 4) is 0 Å². The first-order valence-electron chi connectivity index (χ1n) is 5.59. The molecule has 3 N–H and O–H groups in total. The topological polar surface area (TPSA) is 53.2 Å². The summed E-state index contributed by atoms with van der Waals surface area (Å²) in [5, 5.41) is 8.95. The van der Waals surface area contributed by atoms with Crippen LogP contribution in [0.1, 0.15) is 12.0 Å². The lowest BCUT2D eigenvalue weighted by molar-refractivity contribution is 0.249. The Morgan fingerprint density at radius 2 is 2.12 bits per heavy atom. The molecule has 16 heavy (non-hydrogen) atoms. The van der Waals surface area contributed by atoms with Gasteiger partial charge in [0.2, 0.25) is 0 Å². The van der Waals surface area contributed by atoms with Crippen molar-refractivity contribution in [2.24, 2.45) is 0 Å². The zero-order chi connectivity index (χ0) is 11.4. The minimum atomic E-state index is -0.127. The third kappa shape index (κ3) is 2.97. The van der Waals surface area contributed by atoms with E-state index in [0.29, 0.717) is 0 Å². The molecule has 1 aliphatic heterocycles. The van der Waals surface area contributed by atoms with Gasteiger partial charge >= 0.3 is 6.03 Å². The summed E-state index contributed by atoms with van der Waals surface area (Å²) in [6.07, 6.45) is 1.00. The van der Waals surface area contributed by atoms with Crippen molar-refractivity contribution in [3.63, 3.8) is 0 Å². The lowest BCUT2D eigenvalue weighted by Gasteiger charge is -2.12. The zero-order valence-corrected chi connectivity index (χ0v) is 9.42. The van der Waals surface area contributed by atoms with Gasteiger partial charge in [0.25, 0.3) is 0 Å². The van der Waals surface area contributed by atoms with Gasteiger partial charge in [0, 0.05) is 18.3 Å². The highest BCUT2D eigenvalue weighted by atomic mass is 16.2. The van der Waals surface area contributed by atoms with Crippen LogP contribution in [-0.4, -0.2) is 25.2 Å². The lowest BCUT2D eigenvalue weighted by atomic mass is 10.2. The van der Waals surface area contributed by atoms with Crippen molar-refractivity contribution < 1.29 is 4.79 Å². The van der Waals surface area contributed by atoms with Crippen LogP contribution in [0.4, 0.5) is 10.5 Å². The lowest BCUT2D eigenvalue weighted by Crippen LogP contribution is -2.39. The number of anilines is 1. The van der Waals surface area contributed by atoms with Crippen LogP contribution in [0.3, 0.4) is 0 Å². The summed E-state index contributed by atoms with van der Waals surface area (Å²) < 4.78 is 0. The molecular formula is C12H17N3O. The summed E-state index contributed by atoms with van der Waals surface area (Å²) in [4.78, 5) is 11.6. The molecule has 0 bridgehead atoms. The largest absolute Gasteiger partial charge is 0.334 e. The second-order valence-corrected chi connectivity index (χ2v) is 4.15. The van der Waals surface area contributed by atoms with Gasteiger partial charge < -0.3 is 16.0 Å². The van der Waals surface area contributed by atoms with E-state index in [-0.39, 0.29) is 12.1 Å². The molecule has 4 nitrogen and oxygen atoms in total. The molecule has 0 spiro atoms. The minimum absolute atomic E-state index is 0.127. The predicted octanol–water partition coefficient (Wildman–Crippen LogP) is 1.48. The van der Waals surface area contributed by atoms with E-state index in [1.54, 1.807) is 0 Å². The van der Waals surface area contributed by atoms with E-state index in [9.17, 15) is 4.79 Å². The number of urea groups is 1. The van der Waals surface area contributed by atoms with E-state index in [1.807, 2.05) is 31.2 Å². The first-order valence-corrected chi connectivity index (χ1v) is 5.59. The van der Waals surface area contributed by atoms with Crippen LogP contribution in [0.2, 0.25) is 0 Å². The SMILES string of the molecule is Cc1ccc(NC(=O)NC2CCNC2)cc1. The first kappa shape index (κ1) is 11.0. The molecule has 1 aromatic carbocycles. The summed E-state index contributed by atoms with van der Waals surface area (Å²) in [6.45, 7) is 3.87. The summed E-state index contributed by atoms with van der Waals surface area (Å²) in [6, 6.07) is 7.89. The van der Waals surface area contributed by atoms with Crippen LogP contribution >= 0.6 is 0 Å². The van der Waals surface area contributed by atoms with E-state index < -0.39 is 0 Å². The monoisotopic (exact) mass is 219 g/mol. The normalized spacial score (nSPS) is 19.4. The Kier molecular flexibility index (Phi) is 3.41. The van der Waals surface area contributed by atoms with Crippen LogP contribution in [0, 0.1) is 6.92 Å². The Bertz CT molecular complexity index is 355. The highest BCUT2D eigenvalue weighted by Crippen LogP contribution is 2.08. The Labute approximate surface area is 95.4 Å². The fraction of sp³-hybridized carbons (Fsp3) is 0.417. The van der Waals surface area contributed by atoms with Gasteiger partial charge in [0.05, 0.1) is 0 Å². The van der Waals surface area contributed by atoms with Crippen LogP contribution in [-0.2, 0) is 0 Å². The molecule has 2 rings (SSSR count). The van der Waals surface area contributed by atoms with Gasteiger partial charge in [-0.3, -0.25) is 0 Å². The van der Waals surface area contributed by atoms with E-state index in [4.69, 9.17) is 0 Å². The van der Waals surface area contributed by atoms with Gasteiger partial charge in [-0.05, 0) is 32.0 Å². The average Bonchev–Trinajstić information content (AvgIpc) is 2.74. The maximum atomic E-state index is 11.6. The number of aryl methyl sites for hydroxylation is 1. The third-order valence-electron chi connectivity index (χ3n) is 2.70. The number of amides is 2. The van der Waals surface area contributed by atoms with Gasteiger partial charge in [-0.15, -0.1) is 0 Å². The van der Waals surface area contributed by atoms with Crippen LogP contribution < -0.4 is 16.0 Å². The quantitative estimate of drug-likeness (QED) is 0.705. The Morgan fingerprint density at radius 1 is 1.38 bits per heavy atom. The number of hydrogen-bond donors (Lipinski definition) is 3. The second kappa shape index (κ2) is 4.99. The van der Waals surface area contributed by atoms with Crippen molar-refractivity contribution in [1.29, 1.82) is 0 Å². The van der Waals surface area contributed by atoms with Crippen LogP contribution in [0.15, 0.2) is 24.3 Å². The zero-order valence-electron chi connectivity index (χ0n) is 9.42. The number of carbonyl (C=O) groups excluding carboxylic acids is 1. The number of carbonyl (C=O) groups is 1. The molecule has 4 heteroatoms. The van der Waals surface area contributed by atoms with Crippen molar-refractivity contribution in [1.82, 2.24) is 10.6 Å². The predicted molar refractivity (Wildman–Crippen MR) is 64.6 cm³/mol. The van der Waals surface area contributed by atoms with Gasteiger partial charge in [-0.25, -0.2) is 4.79 Å². The number of benzene rings is 1. The van der Waals surface area contributed by atoms with Crippen molar-refractivity contribution in [2.45, 2.75) is 19.4 Å². The van der Waals surface area contributed by atoms with Gasteiger partial charge in [0.15, 0.2) is 0 Å². The molecule has 1 aromatic rings. The third-order valence-corrected chi connectivity index (χ3v) is 2.70. The average molecular weight is 219 g/mol. The van der Waals surface area contributed by atoms with E-state index in [1.165, 1.54) is 5.56 Å². The first-order chi connectivity index (χ1) is 7.74. The highest BCUT2D eigenvalue weighted by Gasteiger charge is 2.16. The minimum Gasteiger partial charge on any atom is -0.334 e. The molecule has 1 saturated heterocycles. The molecule has 2 amide bonds. The Hall–Kier alpha value is -1.55. The number of rotatable bonds is 2. The molecule has 0 aliphatic carbocycles. The summed E-state index contributed by atoms with van der Waals surface area (Å²) in [7, 11) is 0. The van der Waals surface area contributed by atoms with Crippen LogP contribution in [0.25, 0.3) is 0 Å². The fourth-order valence-electron chi connectivity index (χ4n) is 1.77. The molecule has 1 unspecified atom stereocenters. The van der Waals surface area contributed by atoms with Crippen molar-refractivity contribution in [2.75, 3.05) is 18.4 Å². The molecule has 1 fully saturated rings. The maximum Gasteiger partial charge on any atom is 0.319 e. The van der Waals surface area contributed by atoms with Crippen molar-refractivity contribution >= 4 is 11.7 Å². The van der Waals surface area contributed by atoms with E-state index in [2.05, 4.69) is 16.0 Å². The molecule has 1 atom stereocenters. The highest BCUT2D eigenvalue weighted by molar-refractivity contribution is 5.89. The number of hydrogen-bond acceptors (Lipinski definition) is 2. The van der Waals surface area contributed by atoms with E-state index >= 15 is 0 Å². The summed E-state index contributed by atoms with van der Waals surface area (Å²) in [5.41, 5.74) is 2.01. The van der Waals surface area contributed by atoms with Gasteiger partial charge in [-0.2, -0.15) is 0 Å². The molecule has 0 radical (unpaired) electrons. The molecular weight excluding hydrogens is 202 g/mol. The molecule has 0 aromatic heterocycles. The van der Waals surface area contributed by atoms with Crippen molar-refractivity contribution in [3.05, 3.63) is 29.8 Å². The number of nitrogens with one attached hydrogen (secondary N) is 3.